The van der Waals surface area contributed by atoms with Crippen molar-refractivity contribution in [3.8, 4) is 5.69 Å². The predicted octanol–water partition coefficient (Wildman–Crippen LogP) is 3.06. The van der Waals surface area contributed by atoms with Crippen molar-refractivity contribution in [1.82, 2.24) is 20.3 Å². The first-order chi connectivity index (χ1) is 13.3. The molecule has 27 heavy (non-hydrogen) atoms. The van der Waals surface area contributed by atoms with Crippen molar-refractivity contribution in [3.63, 3.8) is 0 Å². The van der Waals surface area contributed by atoms with Crippen molar-refractivity contribution in [3.05, 3.63) is 67.0 Å². The van der Waals surface area contributed by atoms with Crippen LogP contribution in [0.4, 0.5) is 16.2 Å². The van der Waals surface area contributed by atoms with E-state index in [2.05, 4.69) is 38.0 Å². The molecule has 1 atom stereocenters. The molecule has 2 amide bonds. The number of anilines is 2. The van der Waals surface area contributed by atoms with E-state index >= 15 is 0 Å². The van der Waals surface area contributed by atoms with Crippen LogP contribution in [0.5, 0.6) is 0 Å². The van der Waals surface area contributed by atoms with Gasteiger partial charge < -0.3 is 15.5 Å². The Labute approximate surface area is 158 Å². The number of carbonyl (C=O) groups excluding carboxylic acids is 1. The van der Waals surface area contributed by atoms with Crippen LogP contribution in [0.25, 0.3) is 5.69 Å². The van der Waals surface area contributed by atoms with Crippen molar-refractivity contribution < 1.29 is 4.79 Å². The van der Waals surface area contributed by atoms with Crippen LogP contribution in [0.15, 0.2) is 67.0 Å². The summed E-state index contributed by atoms with van der Waals surface area (Å²) in [6.45, 7) is 1.83. The van der Waals surface area contributed by atoms with Gasteiger partial charge in [-0.2, -0.15) is 0 Å². The predicted molar refractivity (Wildman–Crippen MR) is 105 cm³/mol. The van der Waals surface area contributed by atoms with Crippen molar-refractivity contribution in [2.75, 3.05) is 23.3 Å². The molecule has 2 N–H and O–H groups in total. The van der Waals surface area contributed by atoms with Crippen LogP contribution in [0.1, 0.15) is 12.8 Å². The summed E-state index contributed by atoms with van der Waals surface area (Å²) in [5, 5.41) is 13.8. The molecule has 0 radical (unpaired) electrons. The maximum absolute atomic E-state index is 12.4. The lowest BCUT2D eigenvalue weighted by molar-refractivity contribution is 0.246. The molecule has 3 aromatic rings. The minimum atomic E-state index is -0.189. The first-order valence-corrected chi connectivity index (χ1v) is 9.12. The fourth-order valence-corrected chi connectivity index (χ4v) is 3.39. The highest BCUT2D eigenvalue weighted by atomic mass is 16.2. The van der Waals surface area contributed by atoms with E-state index in [1.807, 2.05) is 42.5 Å². The third-order valence-electron chi connectivity index (χ3n) is 4.67. The molecule has 2 heterocycles. The molecule has 0 saturated carbocycles. The number of hydrogen-bond donors (Lipinski definition) is 2. The number of para-hydroxylation sites is 1. The molecule has 7 heteroatoms. The van der Waals surface area contributed by atoms with Gasteiger partial charge in [-0.05, 0) is 43.2 Å². The Morgan fingerprint density at radius 2 is 1.93 bits per heavy atom. The van der Waals surface area contributed by atoms with Crippen molar-refractivity contribution in [2.24, 2.45) is 0 Å². The van der Waals surface area contributed by atoms with Crippen molar-refractivity contribution in [1.29, 1.82) is 0 Å². The Morgan fingerprint density at radius 3 is 2.74 bits per heavy atom. The van der Waals surface area contributed by atoms with E-state index in [9.17, 15) is 4.79 Å². The second-order valence-electron chi connectivity index (χ2n) is 6.62. The van der Waals surface area contributed by atoms with Crippen LogP contribution < -0.4 is 15.5 Å². The lowest BCUT2D eigenvalue weighted by atomic mass is 10.1. The van der Waals surface area contributed by atoms with Crippen LogP contribution in [0.2, 0.25) is 0 Å². The standard InChI is InChI=1S/C20H22N6O/c27-20(22-16-6-4-10-19(14-16)26-13-11-21-24-26)23-17-7-5-12-25(15-17)18-8-2-1-3-9-18/h1-4,6,8-11,13-14,17H,5,7,12,15H2,(H2,22,23,27). The minimum Gasteiger partial charge on any atom is -0.369 e. The average Bonchev–Trinajstić information content (AvgIpc) is 3.24. The van der Waals surface area contributed by atoms with E-state index in [-0.39, 0.29) is 12.1 Å². The molecule has 1 aliphatic rings. The van der Waals surface area contributed by atoms with E-state index in [1.54, 1.807) is 17.1 Å². The minimum absolute atomic E-state index is 0.123. The first kappa shape index (κ1) is 17.1. The Morgan fingerprint density at radius 1 is 1.07 bits per heavy atom. The van der Waals surface area contributed by atoms with Gasteiger partial charge in [0.1, 0.15) is 0 Å². The summed E-state index contributed by atoms with van der Waals surface area (Å²) < 4.78 is 1.65. The van der Waals surface area contributed by atoms with Gasteiger partial charge in [0.05, 0.1) is 18.1 Å². The van der Waals surface area contributed by atoms with E-state index in [0.29, 0.717) is 0 Å². The van der Waals surface area contributed by atoms with E-state index in [1.165, 1.54) is 5.69 Å². The summed E-state index contributed by atoms with van der Waals surface area (Å²) in [6.07, 6.45) is 5.42. The normalized spacial score (nSPS) is 16.7. The monoisotopic (exact) mass is 362 g/mol. The molecule has 1 aromatic heterocycles. The number of amides is 2. The second-order valence-corrected chi connectivity index (χ2v) is 6.62. The van der Waals surface area contributed by atoms with Gasteiger partial charge >= 0.3 is 6.03 Å². The molecular weight excluding hydrogens is 340 g/mol. The number of aromatic nitrogens is 3. The van der Waals surface area contributed by atoms with Gasteiger partial charge in [-0.3, -0.25) is 0 Å². The lowest BCUT2D eigenvalue weighted by Gasteiger charge is -2.34. The molecule has 2 aromatic carbocycles. The van der Waals surface area contributed by atoms with Gasteiger partial charge in [-0.15, -0.1) is 5.10 Å². The molecule has 1 fully saturated rings. The van der Waals surface area contributed by atoms with Crippen LogP contribution in [0, 0.1) is 0 Å². The van der Waals surface area contributed by atoms with Crippen LogP contribution >= 0.6 is 0 Å². The zero-order chi connectivity index (χ0) is 18.5. The summed E-state index contributed by atoms with van der Waals surface area (Å²) in [5.41, 5.74) is 2.76. The van der Waals surface area contributed by atoms with Gasteiger partial charge in [0, 0.05) is 30.5 Å². The summed E-state index contributed by atoms with van der Waals surface area (Å²) in [7, 11) is 0. The highest BCUT2D eigenvalue weighted by Gasteiger charge is 2.21. The van der Waals surface area contributed by atoms with Gasteiger partial charge in [0.2, 0.25) is 0 Å². The smallest absolute Gasteiger partial charge is 0.319 e. The fraction of sp³-hybridized carbons (Fsp3) is 0.250. The van der Waals surface area contributed by atoms with Gasteiger partial charge in [0.25, 0.3) is 0 Å². The SMILES string of the molecule is O=C(Nc1cccc(-n2ccnn2)c1)NC1CCCN(c2ccccc2)C1. The topological polar surface area (TPSA) is 75.1 Å². The molecule has 138 valence electrons. The number of urea groups is 1. The van der Waals surface area contributed by atoms with E-state index in [4.69, 9.17) is 0 Å². The number of benzene rings is 2. The molecule has 0 bridgehead atoms. The molecule has 7 nitrogen and oxygen atoms in total. The van der Waals surface area contributed by atoms with Gasteiger partial charge in [0.15, 0.2) is 0 Å². The number of hydrogen-bond acceptors (Lipinski definition) is 4. The van der Waals surface area contributed by atoms with E-state index in [0.717, 1.165) is 37.3 Å². The lowest BCUT2D eigenvalue weighted by Crippen LogP contribution is -2.49. The first-order valence-electron chi connectivity index (χ1n) is 9.12. The molecule has 1 unspecified atom stereocenters. The Bertz CT molecular complexity index is 881. The summed E-state index contributed by atoms with van der Waals surface area (Å²) in [4.78, 5) is 14.8. The zero-order valence-electron chi connectivity index (χ0n) is 15.0. The Balaban J connectivity index is 1.36. The Kier molecular flexibility index (Phi) is 5.00. The molecule has 0 spiro atoms. The summed E-state index contributed by atoms with van der Waals surface area (Å²) >= 11 is 0. The van der Waals surface area contributed by atoms with Gasteiger partial charge in [-0.25, -0.2) is 9.48 Å². The highest BCUT2D eigenvalue weighted by molar-refractivity contribution is 5.89. The quantitative estimate of drug-likeness (QED) is 0.748. The zero-order valence-corrected chi connectivity index (χ0v) is 15.0. The third kappa shape index (κ3) is 4.25. The number of rotatable bonds is 4. The summed E-state index contributed by atoms with van der Waals surface area (Å²) in [6, 6.07) is 17.8. The maximum Gasteiger partial charge on any atom is 0.319 e. The maximum atomic E-state index is 12.4. The van der Waals surface area contributed by atoms with E-state index < -0.39 is 0 Å². The van der Waals surface area contributed by atoms with Crippen molar-refractivity contribution in [2.45, 2.75) is 18.9 Å². The van der Waals surface area contributed by atoms with Crippen LogP contribution in [0.3, 0.4) is 0 Å². The Hall–Kier alpha value is -3.35. The number of carbonyl (C=O) groups is 1. The molecule has 1 saturated heterocycles. The van der Waals surface area contributed by atoms with Gasteiger partial charge in [-0.1, -0.05) is 29.5 Å². The molecule has 1 aliphatic heterocycles. The van der Waals surface area contributed by atoms with Crippen LogP contribution in [-0.4, -0.2) is 40.2 Å². The largest absolute Gasteiger partial charge is 0.369 e. The van der Waals surface area contributed by atoms with Crippen molar-refractivity contribution >= 4 is 17.4 Å². The number of nitrogens with one attached hydrogen (secondary N) is 2. The summed E-state index contributed by atoms with van der Waals surface area (Å²) in [5.74, 6) is 0. The van der Waals surface area contributed by atoms with Crippen LogP contribution in [-0.2, 0) is 0 Å². The fourth-order valence-electron chi connectivity index (χ4n) is 3.39. The molecular formula is C20H22N6O. The molecule has 0 aliphatic carbocycles. The third-order valence-corrected chi connectivity index (χ3v) is 4.67. The number of nitrogens with zero attached hydrogens (tertiary/aromatic N) is 4. The number of piperidine rings is 1. The highest BCUT2D eigenvalue weighted by Crippen LogP contribution is 2.19. The second kappa shape index (κ2) is 7.90. The molecule has 4 rings (SSSR count). The average molecular weight is 362 g/mol.